The Labute approximate surface area is 154 Å². The molecule has 0 aliphatic heterocycles. The third-order valence-electron chi connectivity index (χ3n) is 5.14. The van der Waals surface area contributed by atoms with Crippen LogP contribution in [0.5, 0.6) is 0 Å². The van der Waals surface area contributed by atoms with Gasteiger partial charge in [-0.15, -0.1) is 0 Å². The Morgan fingerprint density at radius 2 is 1.96 bits per heavy atom. The van der Waals surface area contributed by atoms with E-state index in [0.29, 0.717) is 11.8 Å². The molecule has 0 saturated heterocycles. The van der Waals surface area contributed by atoms with Crippen molar-refractivity contribution < 1.29 is 5.11 Å². The zero-order valence-corrected chi connectivity index (χ0v) is 16.6. The third-order valence-corrected chi connectivity index (χ3v) is 5.14. The quantitative estimate of drug-likeness (QED) is 0.352. The number of hydrogen-bond acceptors (Lipinski definition) is 3. The molecule has 2 fully saturated rings. The summed E-state index contributed by atoms with van der Waals surface area (Å²) in [4.78, 5) is 7.46. The summed E-state index contributed by atoms with van der Waals surface area (Å²) in [6.45, 7) is 11.9. The highest BCUT2D eigenvalue weighted by Crippen LogP contribution is 2.34. The van der Waals surface area contributed by atoms with Gasteiger partial charge in [-0.2, -0.15) is 0 Å². The van der Waals surface area contributed by atoms with Crippen LogP contribution in [0.25, 0.3) is 0 Å². The van der Waals surface area contributed by atoms with Crippen LogP contribution in [-0.4, -0.2) is 61.3 Å². The zero-order chi connectivity index (χ0) is 18.1. The van der Waals surface area contributed by atoms with Gasteiger partial charge in [-0.25, -0.2) is 0 Å². The molecule has 2 rings (SSSR count). The summed E-state index contributed by atoms with van der Waals surface area (Å²) in [6.07, 6.45) is 7.61. The van der Waals surface area contributed by atoms with E-state index in [4.69, 9.17) is 4.99 Å². The van der Waals surface area contributed by atoms with E-state index in [0.717, 1.165) is 56.9 Å². The van der Waals surface area contributed by atoms with Crippen LogP contribution in [0.1, 0.15) is 59.3 Å². The molecule has 0 amide bonds. The van der Waals surface area contributed by atoms with Gasteiger partial charge in [-0.05, 0) is 63.2 Å². The minimum absolute atomic E-state index is 0.258. The lowest BCUT2D eigenvalue weighted by Crippen LogP contribution is -2.42. The molecule has 2 saturated carbocycles. The number of aliphatic hydroxyl groups excluding tert-OH is 1. The fraction of sp³-hybridized carbons (Fsp3) is 0.950. The Kier molecular flexibility index (Phi) is 9.04. The summed E-state index contributed by atoms with van der Waals surface area (Å²) in [5, 5.41) is 16.1. The van der Waals surface area contributed by atoms with Crippen LogP contribution in [0.4, 0.5) is 0 Å². The van der Waals surface area contributed by atoms with Gasteiger partial charge in [0, 0.05) is 45.4 Å². The molecule has 0 aromatic heterocycles. The van der Waals surface area contributed by atoms with E-state index >= 15 is 0 Å². The van der Waals surface area contributed by atoms with Gasteiger partial charge < -0.3 is 15.7 Å². The summed E-state index contributed by atoms with van der Waals surface area (Å²) in [6, 6.07) is 0.849. The molecule has 3 N–H and O–H groups in total. The molecule has 1 atom stereocenters. The maximum absolute atomic E-state index is 9.27. The number of aliphatic hydroxyl groups is 1. The Balaban J connectivity index is 1.75. The molecule has 2 aliphatic rings. The lowest BCUT2D eigenvalue weighted by Gasteiger charge is -2.23. The average Bonchev–Trinajstić information content (AvgIpc) is 3.45. The summed E-state index contributed by atoms with van der Waals surface area (Å²) in [7, 11) is 0. The highest BCUT2D eigenvalue weighted by atomic mass is 16.3. The molecule has 0 radical (unpaired) electrons. The smallest absolute Gasteiger partial charge is 0.191 e. The number of guanidine groups is 1. The third kappa shape index (κ3) is 8.91. The van der Waals surface area contributed by atoms with Crippen molar-refractivity contribution in [2.75, 3.05) is 39.3 Å². The molecule has 2 aliphatic carbocycles. The van der Waals surface area contributed by atoms with Crippen molar-refractivity contribution in [2.45, 2.75) is 65.3 Å². The van der Waals surface area contributed by atoms with E-state index < -0.39 is 0 Å². The maximum atomic E-state index is 9.27. The Hall–Kier alpha value is -0.810. The average molecular weight is 353 g/mol. The van der Waals surface area contributed by atoms with Crippen molar-refractivity contribution in [1.82, 2.24) is 15.5 Å². The molecular weight excluding hydrogens is 312 g/mol. The minimum atomic E-state index is 0.258. The van der Waals surface area contributed by atoms with Crippen LogP contribution >= 0.6 is 0 Å². The van der Waals surface area contributed by atoms with Crippen molar-refractivity contribution in [3.05, 3.63) is 0 Å². The fourth-order valence-electron chi connectivity index (χ4n) is 3.51. The first-order chi connectivity index (χ1) is 12.1. The van der Waals surface area contributed by atoms with Crippen LogP contribution in [-0.2, 0) is 0 Å². The predicted octanol–water partition coefficient (Wildman–Crippen LogP) is 2.46. The SMILES string of the molecule is CCNC(=NCC(CCO)CC(C)C)NCCN(CC1CC1)C1CC1. The predicted molar refractivity (Wildman–Crippen MR) is 106 cm³/mol. The topological polar surface area (TPSA) is 59.9 Å². The second kappa shape index (κ2) is 11.0. The molecule has 5 nitrogen and oxygen atoms in total. The van der Waals surface area contributed by atoms with Crippen LogP contribution < -0.4 is 10.6 Å². The van der Waals surface area contributed by atoms with Gasteiger partial charge in [0.05, 0.1) is 0 Å². The second-order valence-electron chi connectivity index (χ2n) is 8.32. The molecule has 0 spiro atoms. The zero-order valence-electron chi connectivity index (χ0n) is 16.6. The van der Waals surface area contributed by atoms with Crippen molar-refractivity contribution in [3.63, 3.8) is 0 Å². The first-order valence-corrected chi connectivity index (χ1v) is 10.5. The second-order valence-corrected chi connectivity index (χ2v) is 8.32. The molecule has 25 heavy (non-hydrogen) atoms. The van der Waals surface area contributed by atoms with E-state index in [1.165, 1.54) is 32.2 Å². The molecule has 0 bridgehead atoms. The lowest BCUT2D eigenvalue weighted by molar-refractivity contribution is 0.245. The number of nitrogens with one attached hydrogen (secondary N) is 2. The van der Waals surface area contributed by atoms with Crippen LogP contribution in [0.3, 0.4) is 0 Å². The van der Waals surface area contributed by atoms with Crippen molar-refractivity contribution in [2.24, 2.45) is 22.7 Å². The molecule has 0 aromatic rings. The Morgan fingerprint density at radius 1 is 1.20 bits per heavy atom. The van der Waals surface area contributed by atoms with E-state index in [9.17, 15) is 5.11 Å². The molecule has 5 heteroatoms. The van der Waals surface area contributed by atoms with Gasteiger partial charge in [-0.3, -0.25) is 9.89 Å². The van der Waals surface area contributed by atoms with Crippen molar-refractivity contribution >= 4 is 5.96 Å². The lowest BCUT2D eigenvalue weighted by atomic mass is 9.94. The minimum Gasteiger partial charge on any atom is -0.396 e. The van der Waals surface area contributed by atoms with E-state index in [1.54, 1.807) is 0 Å². The number of aliphatic imine (C=N–C) groups is 1. The standard InChI is InChI=1S/C20H40N4O/c1-4-21-20(23-14-18(9-12-25)13-16(2)3)22-10-11-24(19-7-8-19)15-17-5-6-17/h16-19,25H,4-15H2,1-3H3,(H2,21,22,23). The molecule has 1 unspecified atom stereocenters. The van der Waals surface area contributed by atoms with E-state index in [2.05, 4.69) is 36.3 Å². The number of hydrogen-bond donors (Lipinski definition) is 3. The highest BCUT2D eigenvalue weighted by Gasteiger charge is 2.33. The van der Waals surface area contributed by atoms with Gasteiger partial charge >= 0.3 is 0 Å². The monoisotopic (exact) mass is 352 g/mol. The Bertz CT molecular complexity index is 391. The van der Waals surface area contributed by atoms with Crippen LogP contribution in [0.2, 0.25) is 0 Å². The van der Waals surface area contributed by atoms with Crippen LogP contribution in [0, 0.1) is 17.8 Å². The summed E-state index contributed by atoms with van der Waals surface area (Å²) in [5.41, 5.74) is 0. The first kappa shape index (κ1) is 20.5. The number of rotatable bonds is 13. The van der Waals surface area contributed by atoms with Crippen LogP contribution in [0.15, 0.2) is 4.99 Å². The first-order valence-electron chi connectivity index (χ1n) is 10.5. The van der Waals surface area contributed by atoms with E-state index in [1.807, 2.05) is 0 Å². The van der Waals surface area contributed by atoms with Gasteiger partial charge in [0.2, 0.25) is 0 Å². The molecule has 0 heterocycles. The van der Waals surface area contributed by atoms with Crippen molar-refractivity contribution in [3.8, 4) is 0 Å². The number of nitrogens with zero attached hydrogens (tertiary/aromatic N) is 2. The summed E-state index contributed by atoms with van der Waals surface area (Å²) in [5.74, 6) is 3.02. The summed E-state index contributed by atoms with van der Waals surface area (Å²) < 4.78 is 0. The largest absolute Gasteiger partial charge is 0.396 e. The fourth-order valence-corrected chi connectivity index (χ4v) is 3.51. The van der Waals surface area contributed by atoms with Gasteiger partial charge in [-0.1, -0.05) is 13.8 Å². The maximum Gasteiger partial charge on any atom is 0.191 e. The summed E-state index contributed by atoms with van der Waals surface area (Å²) >= 11 is 0. The highest BCUT2D eigenvalue weighted by molar-refractivity contribution is 5.79. The molecule has 146 valence electrons. The van der Waals surface area contributed by atoms with Gasteiger partial charge in [0.15, 0.2) is 5.96 Å². The van der Waals surface area contributed by atoms with Crippen molar-refractivity contribution in [1.29, 1.82) is 0 Å². The molecule has 0 aromatic carbocycles. The van der Waals surface area contributed by atoms with Gasteiger partial charge in [0.25, 0.3) is 0 Å². The van der Waals surface area contributed by atoms with E-state index in [-0.39, 0.29) is 6.61 Å². The Morgan fingerprint density at radius 3 is 2.52 bits per heavy atom. The van der Waals surface area contributed by atoms with Gasteiger partial charge in [0.1, 0.15) is 0 Å². The molecular formula is C20H40N4O. The normalized spacial score (nSPS) is 19.5.